The molecule has 0 unspecified atom stereocenters. The number of anilines is 2. The first kappa shape index (κ1) is 21.5. The minimum absolute atomic E-state index is 0.150. The van der Waals surface area contributed by atoms with E-state index in [2.05, 4.69) is 10.6 Å². The molecule has 1 aliphatic rings. The highest BCUT2D eigenvalue weighted by Gasteiger charge is 2.26. The first-order valence-corrected chi connectivity index (χ1v) is 11.2. The van der Waals surface area contributed by atoms with E-state index < -0.39 is 21.7 Å². The second-order valence-electron chi connectivity index (χ2n) is 6.97. The lowest BCUT2D eigenvalue weighted by Crippen LogP contribution is -2.35. The Morgan fingerprint density at radius 1 is 1.10 bits per heavy atom. The molecule has 2 N–H and O–H groups in total. The third-order valence-corrected chi connectivity index (χ3v) is 6.94. The molecule has 2 aromatic rings. The highest BCUT2D eigenvalue weighted by molar-refractivity contribution is 7.89. The van der Waals surface area contributed by atoms with E-state index in [0.29, 0.717) is 18.8 Å². The molecule has 156 valence electrons. The van der Waals surface area contributed by atoms with Gasteiger partial charge in [-0.1, -0.05) is 24.1 Å². The molecule has 9 heteroatoms. The van der Waals surface area contributed by atoms with Crippen molar-refractivity contribution >= 4 is 38.9 Å². The maximum absolute atomic E-state index is 13.8. The monoisotopic (exact) mass is 439 g/mol. The van der Waals surface area contributed by atoms with Crippen LogP contribution in [0.2, 0.25) is 5.02 Å². The third kappa shape index (κ3) is 5.26. The molecule has 0 radical (unpaired) electrons. The summed E-state index contributed by atoms with van der Waals surface area (Å²) in [4.78, 5) is 12.4. The summed E-state index contributed by atoms with van der Waals surface area (Å²) in [5.74, 6) is -0.980. The molecule has 0 atom stereocenters. The minimum Gasteiger partial charge on any atom is -0.374 e. The van der Waals surface area contributed by atoms with Crippen molar-refractivity contribution < 1.29 is 17.6 Å². The maximum atomic E-state index is 13.8. The number of hydrogen-bond donors (Lipinski definition) is 2. The number of nitrogens with one attached hydrogen (secondary N) is 2. The Balaban J connectivity index is 1.70. The van der Waals surface area contributed by atoms with Gasteiger partial charge in [0.15, 0.2) is 0 Å². The number of sulfonamides is 1. The number of carbonyl (C=O) groups is 1. The summed E-state index contributed by atoms with van der Waals surface area (Å²) in [6.45, 7) is 2.61. The molecule has 6 nitrogen and oxygen atoms in total. The number of carbonyl (C=O) groups excluding carboxylic acids is 1. The molecule has 1 heterocycles. The van der Waals surface area contributed by atoms with Gasteiger partial charge in [-0.05, 0) is 55.7 Å². The van der Waals surface area contributed by atoms with Gasteiger partial charge in [0.1, 0.15) is 5.82 Å². The fraction of sp³-hybridized carbons (Fsp3) is 0.350. The van der Waals surface area contributed by atoms with Crippen molar-refractivity contribution in [2.45, 2.75) is 31.1 Å². The molecule has 0 bridgehead atoms. The summed E-state index contributed by atoms with van der Waals surface area (Å²) in [6, 6.07) is 8.81. The van der Waals surface area contributed by atoms with Crippen LogP contribution >= 0.6 is 11.6 Å². The molecule has 1 fully saturated rings. The average molecular weight is 440 g/mol. The first-order valence-electron chi connectivity index (χ1n) is 9.37. The van der Waals surface area contributed by atoms with Crippen LogP contribution in [0.3, 0.4) is 0 Å². The second-order valence-corrected chi connectivity index (χ2v) is 9.34. The van der Waals surface area contributed by atoms with Gasteiger partial charge < -0.3 is 10.6 Å². The lowest BCUT2D eigenvalue weighted by molar-refractivity contribution is -0.114. The number of piperidine rings is 1. The van der Waals surface area contributed by atoms with Gasteiger partial charge in [0.25, 0.3) is 0 Å². The molecular weight excluding hydrogens is 417 g/mol. The molecule has 0 aliphatic carbocycles. The summed E-state index contributed by atoms with van der Waals surface area (Å²) < 4.78 is 41.0. The smallest absolute Gasteiger partial charge is 0.243 e. The Morgan fingerprint density at radius 2 is 1.83 bits per heavy atom. The number of aryl methyl sites for hydroxylation is 1. The third-order valence-electron chi connectivity index (χ3n) is 4.81. The number of halogens is 2. The van der Waals surface area contributed by atoms with Crippen LogP contribution < -0.4 is 10.6 Å². The number of amides is 1. The predicted molar refractivity (Wildman–Crippen MR) is 112 cm³/mol. The SMILES string of the molecule is Cc1ccc(S(=O)(=O)N2CCCCC2)cc1NC(=O)CNc1ccc(Cl)cc1F. The fourth-order valence-electron chi connectivity index (χ4n) is 3.15. The molecule has 2 aromatic carbocycles. The van der Waals surface area contributed by atoms with E-state index in [1.165, 1.54) is 22.5 Å². The standard InChI is InChI=1S/C20H23ClFN3O3S/c1-14-5-7-16(29(27,28)25-9-3-2-4-10-25)12-19(14)24-20(26)13-23-18-8-6-15(21)11-17(18)22/h5-8,11-12,23H,2-4,9-10,13H2,1H3,(H,24,26). The van der Waals surface area contributed by atoms with E-state index in [9.17, 15) is 17.6 Å². The zero-order chi connectivity index (χ0) is 21.0. The second kappa shape index (κ2) is 9.11. The van der Waals surface area contributed by atoms with Gasteiger partial charge in [0, 0.05) is 23.8 Å². The summed E-state index contributed by atoms with van der Waals surface area (Å²) in [6.07, 6.45) is 2.73. The van der Waals surface area contributed by atoms with Gasteiger partial charge in [-0.3, -0.25) is 4.79 Å². The van der Waals surface area contributed by atoms with Crippen molar-refractivity contribution in [3.05, 3.63) is 52.8 Å². The van der Waals surface area contributed by atoms with Crippen molar-refractivity contribution in [3.8, 4) is 0 Å². The van der Waals surface area contributed by atoms with Crippen molar-refractivity contribution in [1.82, 2.24) is 4.31 Å². The van der Waals surface area contributed by atoms with Crippen LogP contribution in [0.1, 0.15) is 24.8 Å². The number of nitrogens with zero attached hydrogens (tertiary/aromatic N) is 1. The first-order chi connectivity index (χ1) is 13.8. The number of rotatable bonds is 6. The number of benzene rings is 2. The molecule has 0 spiro atoms. The molecule has 0 saturated carbocycles. The van der Waals surface area contributed by atoms with Crippen LogP contribution in [-0.4, -0.2) is 38.3 Å². The molecule has 0 aromatic heterocycles. The van der Waals surface area contributed by atoms with Crippen LogP contribution in [0.5, 0.6) is 0 Å². The summed E-state index contributed by atoms with van der Waals surface area (Å²) >= 11 is 5.71. The average Bonchev–Trinajstić information content (AvgIpc) is 2.69. The van der Waals surface area contributed by atoms with Gasteiger partial charge >= 0.3 is 0 Å². The van der Waals surface area contributed by atoms with E-state index in [4.69, 9.17) is 11.6 Å². The zero-order valence-corrected chi connectivity index (χ0v) is 17.6. The van der Waals surface area contributed by atoms with Gasteiger partial charge in [-0.2, -0.15) is 4.31 Å². The summed E-state index contributed by atoms with van der Waals surface area (Å²) in [7, 11) is -3.60. The maximum Gasteiger partial charge on any atom is 0.243 e. The van der Waals surface area contributed by atoms with E-state index in [1.807, 2.05) is 0 Å². The topological polar surface area (TPSA) is 78.5 Å². The highest BCUT2D eigenvalue weighted by Crippen LogP contribution is 2.25. The predicted octanol–water partition coefficient (Wildman–Crippen LogP) is 4.01. The van der Waals surface area contributed by atoms with Crippen LogP contribution in [-0.2, 0) is 14.8 Å². The summed E-state index contributed by atoms with van der Waals surface area (Å²) in [5, 5.41) is 5.66. The van der Waals surface area contributed by atoms with Gasteiger partial charge in [-0.15, -0.1) is 0 Å². The van der Waals surface area contributed by atoms with Gasteiger partial charge in [0.2, 0.25) is 15.9 Å². The van der Waals surface area contributed by atoms with E-state index in [-0.39, 0.29) is 22.2 Å². The molecule has 1 aliphatic heterocycles. The van der Waals surface area contributed by atoms with Gasteiger partial charge in [-0.25, -0.2) is 12.8 Å². The Labute approximate surface area is 175 Å². The van der Waals surface area contributed by atoms with Crippen molar-refractivity contribution in [1.29, 1.82) is 0 Å². The quantitative estimate of drug-likeness (QED) is 0.712. The van der Waals surface area contributed by atoms with Crippen LogP contribution in [0.4, 0.5) is 15.8 Å². The molecule has 29 heavy (non-hydrogen) atoms. The zero-order valence-electron chi connectivity index (χ0n) is 16.0. The summed E-state index contributed by atoms with van der Waals surface area (Å²) in [5.41, 5.74) is 1.29. The Morgan fingerprint density at radius 3 is 2.52 bits per heavy atom. The lowest BCUT2D eigenvalue weighted by atomic mass is 10.2. The fourth-order valence-corrected chi connectivity index (χ4v) is 4.86. The van der Waals surface area contributed by atoms with Gasteiger partial charge in [0.05, 0.1) is 17.1 Å². The lowest BCUT2D eigenvalue weighted by Gasteiger charge is -2.26. The Hall–Kier alpha value is -2.16. The largest absolute Gasteiger partial charge is 0.374 e. The van der Waals surface area contributed by atoms with Crippen molar-refractivity contribution in [3.63, 3.8) is 0 Å². The van der Waals surface area contributed by atoms with E-state index in [0.717, 1.165) is 30.9 Å². The van der Waals surface area contributed by atoms with E-state index >= 15 is 0 Å². The van der Waals surface area contributed by atoms with Crippen molar-refractivity contribution in [2.24, 2.45) is 0 Å². The Kier molecular flexibility index (Phi) is 6.77. The molecular formula is C20H23ClFN3O3S. The molecule has 3 rings (SSSR count). The minimum atomic E-state index is -3.60. The van der Waals surface area contributed by atoms with Crippen LogP contribution in [0.15, 0.2) is 41.3 Å². The highest BCUT2D eigenvalue weighted by atomic mass is 35.5. The number of hydrogen-bond acceptors (Lipinski definition) is 4. The van der Waals surface area contributed by atoms with Crippen LogP contribution in [0.25, 0.3) is 0 Å². The molecule has 1 amide bonds. The van der Waals surface area contributed by atoms with Crippen LogP contribution in [0, 0.1) is 12.7 Å². The molecule has 1 saturated heterocycles. The Bertz CT molecular complexity index is 1010. The normalized spacial score (nSPS) is 15.1. The van der Waals surface area contributed by atoms with E-state index in [1.54, 1.807) is 19.1 Å². The van der Waals surface area contributed by atoms with Crippen molar-refractivity contribution in [2.75, 3.05) is 30.3 Å².